The Hall–Kier alpha value is -2.91. The van der Waals surface area contributed by atoms with E-state index in [0.717, 1.165) is 48.6 Å². The summed E-state index contributed by atoms with van der Waals surface area (Å²) in [7, 11) is 0. The lowest BCUT2D eigenvalue weighted by atomic mass is 9.71. The molecule has 2 saturated heterocycles. The van der Waals surface area contributed by atoms with Gasteiger partial charge in [0.05, 0.1) is 11.1 Å². The maximum Gasteiger partial charge on any atom is 0.338 e. The van der Waals surface area contributed by atoms with E-state index < -0.39 is 0 Å². The van der Waals surface area contributed by atoms with Crippen molar-refractivity contribution in [2.75, 3.05) is 37.6 Å². The van der Waals surface area contributed by atoms with E-state index in [4.69, 9.17) is 10.00 Å². The second-order valence-electron chi connectivity index (χ2n) is 10.0. The van der Waals surface area contributed by atoms with Crippen LogP contribution in [0.25, 0.3) is 0 Å². The van der Waals surface area contributed by atoms with Gasteiger partial charge in [0, 0.05) is 31.4 Å². The fraction of sp³-hybridized carbons (Fsp3) is 0.519. The lowest BCUT2D eigenvalue weighted by Crippen LogP contribution is -2.47. The number of pyridine rings is 1. The quantitative estimate of drug-likeness (QED) is 0.660. The third-order valence-corrected chi connectivity index (χ3v) is 8.20. The molecule has 0 amide bonds. The van der Waals surface area contributed by atoms with Crippen LogP contribution in [0.2, 0.25) is 0 Å². The van der Waals surface area contributed by atoms with E-state index in [1.807, 2.05) is 12.1 Å². The van der Waals surface area contributed by atoms with Crippen LogP contribution in [-0.2, 0) is 17.8 Å². The van der Waals surface area contributed by atoms with Crippen LogP contribution < -0.4 is 4.90 Å². The number of hydrogen-bond donors (Lipinski definition) is 0. The second kappa shape index (κ2) is 8.79. The molecule has 6 heteroatoms. The number of likely N-dealkylation sites (tertiary alicyclic amines) is 1. The van der Waals surface area contributed by atoms with E-state index in [0.29, 0.717) is 17.6 Å². The predicted octanol–water partition coefficient (Wildman–Crippen LogP) is 4.17. The zero-order valence-electron chi connectivity index (χ0n) is 19.7. The van der Waals surface area contributed by atoms with Crippen LogP contribution in [-0.4, -0.2) is 48.6 Å². The number of aryl methyl sites for hydroxylation is 1. The van der Waals surface area contributed by atoms with Crippen LogP contribution >= 0.6 is 0 Å². The highest BCUT2D eigenvalue weighted by Gasteiger charge is 2.38. The number of rotatable bonds is 4. The number of piperidine rings is 2. The minimum Gasteiger partial charge on any atom is -0.457 e. The third kappa shape index (κ3) is 4.22. The molecule has 172 valence electrons. The van der Waals surface area contributed by atoms with Crippen molar-refractivity contribution in [2.24, 2.45) is 5.41 Å². The average Bonchev–Trinajstić information content (AvgIpc) is 3.22. The van der Waals surface area contributed by atoms with E-state index in [-0.39, 0.29) is 5.97 Å². The molecule has 0 unspecified atom stereocenters. The van der Waals surface area contributed by atoms with Gasteiger partial charge in [0.15, 0.2) is 0 Å². The van der Waals surface area contributed by atoms with Crippen LogP contribution in [0, 0.1) is 30.6 Å². The van der Waals surface area contributed by atoms with Gasteiger partial charge in [-0.05, 0) is 93.3 Å². The molecule has 2 aromatic rings. The molecule has 6 nitrogen and oxygen atoms in total. The fourth-order valence-corrected chi connectivity index (χ4v) is 5.85. The Morgan fingerprint density at radius 2 is 1.85 bits per heavy atom. The molecule has 0 N–H and O–H groups in total. The molecular weight excluding hydrogens is 412 g/mol. The molecule has 3 aliphatic rings. The van der Waals surface area contributed by atoms with Gasteiger partial charge >= 0.3 is 5.97 Å². The molecule has 0 bridgehead atoms. The Labute approximate surface area is 196 Å². The number of fused-ring (bicyclic) bond motifs is 1. The van der Waals surface area contributed by atoms with Crippen LogP contribution in [0.4, 0.5) is 5.82 Å². The molecule has 1 spiro atoms. The van der Waals surface area contributed by atoms with Gasteiger partial charge in [-0.2, -0.15) is 5.26 Å². The third-order valence-electron chi connectivity index (χ3n) is 8.20. The molecule has 4 heterocycles. The maximum absolute atomic E-state index is 11.8. The average molecular weight is 445 g/mol. The van der Waals surface area contributed by atoms with Crippen molar-refractivity contribution in [1.29, 1.82) is 5.26 Å². The van der Waals surface area contributed by atoms with E-state index >= 15 is 0 Å². The Morgan fingerprint density at radius 3 is 2.55 bits per heavy atom. The number of carbonyl (C=O) groups is 1. The number of anilines is 1. The molecule has 0 saturated carbocycles. The van der Waals surface area contributed by atoms with Gasteiger partial charge < -0.3 is 14.5 Å². The van der Waals surface area contributed by atoms with Crippen LogP contribution in [0.15, 0.2) is 24.4 Å². The van der Waals surface area contributed by atoms with Crippen LogP contribution in [0.5, 0.6) is 0 Å². The molecule has 0 radical (unpaired) electrons. The largest absolute Gasteiger partial charge is 0.457 e. The predicted molar refractivity (Wildman–Crippen MR) is 127 cm³/mol. The highest BCUT2D eigenvalue weighted by Crippen LogP contribution is 2.42. The number of carbonyl (C=O) groups excluding carboxylic acids is 1. The summed E-state index contributed by atoms with van der Waals surface area (Å²) in [5.41, 5.74) is 6.58. The summed E-state index contributed by atoms with van der Waals surface area (Å²) < 4.78 is 5.20. The van der Waals surface area contributed by atoms with Crippen molar-refractivity contribution in [3.8, 4) is 6.07 Å². The zero-order valence-corrected chi connectivity index (χ0v) is 19.7. The summed E-state index contributed by atoms with van der Waals surface area (Å²) in [5, 5.41) is 9.09. The van der Waals surface area contributed by atoms with Crippen molar-refractivity contribution in [3.05, 3.63) is 57.8 Å². The number of benzene rings is 1. The molecule has 1 aromatic carbocycles. The highest BCUT2D eigenvalue weighted by molar-refractivity contribution is 5.93. The standard InChI is InChI=1S/C27H32N4O2/c1-19-15-21(16-28)17-29-25(19)31-13-8-27(9-14-31)6-11-30(12-7-27)10-5-22-3-4-23-24(20(22)2)18-33-26(23)32/h3-4,15,17H,5-14,18H2,1-2H3. The number of esters is 1. The summed E-state index contributed by atoms with van der Waals surface area (Å²) in [4.78, 5) is 21.4. The number of nitriles is 1. The first kappa shape index (κ1) is 21.9. The van der Waals surface area contributed by atoms with E-state index in [2.05, 4.69) is 40.8 Å². The zero-order chi connectivity index (χ0) is 23.0. The van der Waals surface area contributed by atoms with Crippen molar-refractivity contribution >= 4 is 11.8 Å². The molecule has 5 rings (SSSR count). The normalized spacial score (nSPS) is 19.9. The smallest absolute Gasteiger partial charge is 0.338 e. The highest BCUT2D eigenvalue weighted by atomic mass is 16.5. The first-order valence-corrected chi connectivity index (χ1v) is 12.1. The molecular formula is C27H32N4O2. The van der Waals surface area contributed by atoms with Gasteiger partial charge in [0.2, 0.25) is 0 Å². The summed E-state index contributed by atoms with van der Waals surface area (Å²) in [5.74, 6) is 0.857. The number of nitrogens with zero attached hydrogens (tertiary/aromatic N) is 4. The molecule has 33 heavy (non-hydrogen) atoms. The second-order valence-corrected chi connectivity index (χ2v) is 10.0. The van der Waals surface area contributed by atoms with Crippen LogP contribution in [0.1, 0.15) is 63.9 Å². The van der Waals surface area contributed by atoms with Gasteiger partial charge in [-0.15, -0.1) is 0 Å². The van der Waals surface area contributed by atoms with Gasteiger partial charge in [0.1, 0.15) is 18.5 Å². The molecule has 3 aliphatic heterocycles. The Bertz CT molecular complexity index is 1100. The van der Waals surface area contributed by atoms with Crippen molar-refractivity contribution < 1.29 is 9.53 Å². The molecule has 1 aromatic heterocycles. The number of aromatic nitrogens is 1. The minimum atomic E-state index is -0.183. The Kier molecular flexibility index (Phi) is 5.84. The molecule has 0 atom stereocenters. The SMILES string of the molecule is Cc1cc(C#N)cnc1N1CCC2(CCN(CCc3ccc4c(c3C)COC4=O)CC2)CC1. The topological polar surface area (TPSA) is 69.5 Å². The van der Waals surface area contributed by atoms with E-state index in [1.54, 1.807) is 6.20 Å². The number of ether oxygens (including phenoxy) is 1. The van der Waals surface area contributed by atoms with Crippen molar-refractivity contribution in [1.82, 2.24) is 9.88 Å². The van der Waals surface area contributed by atoms with Gasteiger partial charge in [-0.1, -0.05) is 6.07 Å². The molecule has 2 fully saturated rings. The molecule has 0 aliphatic carbocycles. The monoisotopic (exact) mass is 444 g/mol. The van der Waals surface area contributed by atoms with E-state index in [9.17, 15) is 4.79 Å². The lowest BCUT2D eigenvalue weighted by molar-refractivity contribution is 0.0535. The van der Waals surface area contributed by atoms with Gasteiger partial charge in [0.25, 0.3) is 0 Å². The van der Waals surface area contributed by atoms with Crippen LogP contribution in [0.3, 0.4) is 0 Å². The fourth-order valence-electron chi connectivity index (χ4n) is 5.85. The van der Waals surface area contributed by atoms with Gasteiger partial charge in [-0.3, -0.25) is 0 Å². The first-order chi connectivity index (χ1) is 16.0. The lowest BCUT2D eigenvalue weighted by Gasteiger charge is -2.47. The van der Waals surface area contributed by atoms with Crippen molar-refractivity contribution in [3.63, 3.8) is 0 Å². The summed E-state index contributed by atoms with van der Waals surface area (Å²) in [6.07, 6.45) is 7.70. The van der Waals surface area contributed by atoms with Crippen molar-refractivity contribution in [2.45, 2.75) is 52.6 Å². The Balaban J connectivity index is 1.13. The first-order valence-electron chi connectivity index (χ1n) is 12.1. The van der Waals surface area contributed by atoms with E-state index in [1.165, 1.54) is 49.9 Å². The number of cyclic esters (lactones) is 1. The summed E-state index contributed by atoms with van der Waals surface area (Å²) in [6.45, 7) is 10.1. The number of hydrogen-bond acceptors (Lipinski definition) is 6. The maximum atomic E-state index is 11.8. The Morgan fingerprint density at radius 1 is 1.12 bits per heavy atom. The minimum absolute atomic E-state index is 0.183. The summed E-state index contributed by atoms with van der Waals surface area (Å²) >= 11 is 0. The summed E-state index contributed by atoms with van der Waals surface area (Å²) in [6, 6.07) is 8.18. The van der Waals surface area contributed by atoms with Gasteiger partial charge in [-0.25, -0.2) is 9.78 Å².